The number of aromatic nitrogens is 1. The zero-order valence-corrected chi connectivity index (χ0v) is 10.8. The van der Waals surface area contributed by atoms with Gasteiger partial charge in [-0.2, -0.15) is 0 Å². The lowest BCUT2D eigenvalue weighted by Crippen LogP contribution is -2.13. The van der Waals surface area contributed by atoms with Crippen LogP contribution < -0.4 is 5.32 Å². The molecule has 2 nitrogen and oxygen atoms in total. The van der Waals surface area contributed by atoms with Gasteiger partial charge in [-0.1, -0.05) is 18.2 Å². The fourth-order valence-electron chi connectivity index (χ4n) is 2.31. The van der Waals surface area contributed by atoms with Crippen LogP contribution in [0.3, 0.4) is 0 Å². The molecule has 0 radical (unpaired) electrons. The van der Waals surface area contributed by atoms with Gasteiger partial charge in [0.05, 0.1) is 16.7 Å². The Bertz CT molecular complexity index is 532. The molecule has 0 aliphatic carbocycles. The van der Waals surface area contributed by atoms with Crippen LogP contribution >= 0.6 is 11.3 Å². The smallest absolute Gasteiger partial charge is 0.126 e. The minimum Gasteiger partial charge on any atom is -0.309 e. The van der Waals surface area contributed by atoms with Crippen LogP contribution in [0.1, 0.15) is 35.1 Å². The average Bonchev–Trinajstić information content (AvgIpc) is 3.02. The van der Waals surface area contributed by atoms with Gasteiger partial charge in [0, 0.05) is 11.8 Å². The van der Waals surface area contributed by atoms with E-state index in [0.29, 0.717) is 12.5 Å². The molecule has 1 aliphatic heterocycles. The van der Waals surface area contributed by atoms with Gasteiger partial charge in [0.2, 0.25) is 0 Å². The second-order valence-corrected chi connectivity index (χ2v) is 5.53. The van der Waals surface area contributed by atoms with Crippen LogP contribution in [0.5, 0.6) is 0 Å². The van der Waals surface area contributed by atoms with Crippen molar-refractivity contribution in [1.82, 2.24) is 10.3 Å². The highest BCUT2D eigenvalue weighted by Crippen LogP contribution is 2.25. The Kier molecular flexibility index (Phi) is 3.39. The number of nitrogens with one attached hydrogen (secondary N) is 1. The molecule has 1 fully saturated rings. The van der Waals surface area contributed by atoms with Crippen molar-refractivity contribution in [2.24, 2.45) is 0 Å². The molecule has 1 aromatic carbocycles. The van der Waals surface area contributed by atoms with Crippen LogP contribution in [0.15, 0.2) is 29.6 Å². The summed E-state index contributed by atoms with van der Waals surface area (Å²) in [7, 11) is 0. The van der Waals surface area contributed by atoms with Crippen LogP contribution in [-0.4, -0.2) is 11.5 Å². The molecular formula is C14H15FN2S. The molecule has 18 heavy (non-hydrogen) atoms. The molecule has 1 unspecified atom stereocenters. The average molecular weight is 262 g/mol. The maximum Gasteiger partial charge on any atom is 0.126 e. The molecule has 1 aliphatic rings. The Balaban J connectivity index is 1.75. The standard InChI is InChI=1S/C14H15FN2S/c15-11-5-2-1-4-10(11)8-14-17-13(9-18-14)12-6-3-7-16-12/h1-2,4-5,9,12,16H,3,6-8H2. The monoisotopic (exact) mass is 262 g/mol. The maximum atomic E-state index is 13.5. The predicted molar refractivity (Wildman–Crippen MR) is 71.3 cm³/mol. The number of halogens is 1. The highest BCUT2D eigenvalue weighted by atomic mass is 32.1. The third-order valence-electron chi connectivity index (χ3n) is 3.29. The van der Waals surface area contributed by atoms with Gasteiger partial charge < -0.3 is 5.32 Å². The van der Waals surface area contributed by atoms with Gasteiger partial charge in [0.15, 0.2) is 0 Å². The topological polar surface area (TPSA) is 24.9 Å². The molecule has 1 saturated heterocycles. The number of hydrogen-bond acceptors (Lipinski definition) is 3. The molecule has 1 aromatic heterocycles. The Morgan fingerprint density at radius 2 is 2.28 bits per heavy atom. The van der Waals surface area contributed by atoms with E-state index in [0.717, 1.165) is 29.2 Å². The van der Waals surface area contributed by atoms with Gasteiger partial charge in [-0.25, -0.2) is 9.37 Å². The van der Waals surface area contributed by atoms with E-state index in [4.69, 9.17) is 0 Å². The van der Waals surface area contributed by atoms with Crippen LogP contribution in [0.4, 0.5) is 4.39 Å². The normalized spacial score (nSPS) is 19.3. The summed E-state index contributed by atoms with van der Waals surface area (Å²) in [6.07, 6.45) is 2.96. The van der Waals surface area contributed by atoms with Crippen molar-refractivity contribution in [2.45, 2.75) is 25.3 Å². The van der Waals surface area contributed by atoms with Crippen molar-refractivity contribution < 1.29 is 4.39 Å². The van der Waals surface area contributed by atoms with Gasteiger partial charge >= 0.3 is 0 Å². The molecule has 94 valence electrons. The summed E-state index contributed by atoms with van der Waals surface area (Å²) in [5.41, 5.74) is 1.83. The van der Waals surface area contributed by atoms with Gasteiger partial charge in [-0.15, -0.1) is 11.3 Å². The second kappa shape index (κ2) is 5.16. The fourth-order valence-corrected chi connectivity index (χ4v) is 3.18. The van der Waals surface area contributed by atoms with Crippen LogP contribution in [0, 0.1) is 5.82 Å². The zero-order valence-electron chi connectivity index (χ0n) is 10.0. The van der Waals surface area contributed by atoms with Crippen LogP contribution in [0.25, 0.3) is 0 Å². The molecule has 1 N–H and O–H groups in total. The lowest BCUT2D eigenvalue weighted by atomic mass is 10.1. The zero-order chi connectivity index (χ0) is 12.4. The summed E-state index contributed by atoms with van der Waals surface area (Å²) in [5.74, 6) is -0.145. The van der Waals surface area contributed by atoms with Crippen molar-refractivity contribution in [3.8, 4) is 0 Å². The first-order valence-electron chi connectivity index (χ1n) is 6.24. The van der Waals surface area contributed by atoms with E-state index < -0.39 is 0 Å². The summed E-state index contributed by atoms with van der Waals surface area (Å²) in [5, 5.41) is 6.52. The van der Waals surface area contributed by atoms with E-state index in [2.05, 4.69) is 15.7 Å². The lowest BCUT2D eigenvalue weighted by molar-refractivity contribution is 0.612. The highest BCUT2D eigenvalue weighted by Gasteiger charge is 2.19. The first-order chi connectivity index (χ1) is 8.83. The van der Waals surface area contributed by atoms with Gasteiger partial charge in [-0.3, -0.25) is 0 Å². The molecule has 2 aromatic rings. The minimum absolute atomic E-state index is 0.145. The SMILES string of the molecule is Fc1ccccc1Cc1nc(C2CCCN2)cs1. The Morgan fingerprint density at radius 1 is 1.39 bits per heavy atom. The summed E-state index contributed by atoms with van der Waals surface area (Å²) in [6, 6.07) is 7.31. The minimum atomic E-state index is -0.145. The fraction of sp³-hybridized carbons (Fsp3) is 0.357. The number of thiazole rings is 1. The van der Waals surface area contributed by atoms with Crippen molar-refractivity contribution in [1.29, 1.82) is 0 Å². The second-order valence-electron chi connectivity index (χ2n) is 4.58. The molecule has 1 atom stereocenters. The highest BCUT2D eigenvalue weighted by molar-refractivity contribution is 7.09. The van der Waals surface area contributed by atoms with Crippen molar-refractivity contribution in [3.05, 3.63) is 51.7 Å². The van der Waals surface area contributed by atoms with E-state index in [1.165, 1.54) is 12.5 Å². The maximum absolute atomic E-state index is 13.5. The molecule has 0 spiro atoms. The van der Waals surface area contributed by atoms with Crippen LogP contribution in [-0.2, 0) is 6.42 Å². The molecule has 3 rings (SSSR count). The van der Waals surface area contributed by atoms with Gasteiger partial charge in [-0.05, 0) is 31.0 Å². The number of benzene rings is 1. The third kappa shape index (κ3) is 2.44. The molecule has 0 amide bonds. The first-order valence-corrected chi connectivity index (χ1v) is 7.12. The van der Waals surface area contributed by atoms with E-state index in [1.807, 2.05) is 12.1 Å². The molecule has 4 heteroatoms. The quantitative estimate of drug-likeness (QED) is 0.918. The van der Waals surface area contributed by atoms with E-state index in [1.54, 1.807) is 17.4 Å². The molecule has 2 heterocycles. The summed E-state index contributed by atoms with van der Waals surface area (Å²) in [4.78, 5) is 4.62. The first kappa shape index (κ1) is 11.8. The van der Waals surface area contributed by atoms with Gasteiger partial charge in [0.1, 0.15) is 5.82 Å². The van der Waals surface area contributed by atoms with E-state index in [9.17, 15) is 4.39 Å². The predicted octanol–water partition coefficient (Wildman–Crippen LogP) is 3.30. The Labute approximate surface area is 110 Å². The number of nitrogens with zero attached hydrogens (tertiary/aromatic N) is 1. The summed E-state index contributed by atoms with van der Waals surface area (Å²) < 4.78 is 13.5. The van der Waals surface area contributed by atoms with Crippen molar-refractivity contribution >= 4 is 11.3 Å². The van der Waals surface area contributed by atoms with Crippen molar-refractivity contribution in [2.75, 3.05) is 6.54 Å². The van der Waals surface area contributed by atoms with Gasteiger partial charge in [0.25, 0.3) is 0 Å². The van der Waals surface area contributed by atoms with E-state index >= 15 is 0 Å². The lowest BCUT2D eigenvalue weighted by Gasteiger charge is -2.05. The molecule has 0 bridgehead atoms. The third-order valence-corrected chi connectivity index (χ3v) is 4.15. The Hall–Kier alpha value is -1.26. The molecule has 0 saturated carbocycles. The van der Waals surface area contributed by atoms with Crippen molar-refractivity contribution in [3.63, 3.8) is 0 Å². The number of hydrogen-bond donors (Lipinski definition) is 1. The number of rotatable bonds is 3. The summed E-state index contributed by atoms with van der Waals surface area (Å²) in [6.45, 7) is 1.07. The Morgan fingerprint density at radius 3 is 3.06 bits per heavy atom. The summed E-state index contributed by atoms with van der Waals surface area (Å²) >= 11 is 1.62. The molecular weight excluding hydrogens is 247 g/mol. The van der Waals surface area contributed by atoms with Crippen LogP contribution in [0.2, 0.25) is 0 Å². The largest absolute Gasteiger partial charge is 0.309 e. The van der Waals surface area contributed by atoms with E-state index in [-0.39, 0.29) is 5.82 Å².